The van der Waals surface area contributed by atoms with E-state index in [9.17, 15) is 14.4 Å². The second-order valence-electron chi connectivity index (χ2n) is 6.93. The fourth-order valence-electron chi connectivity index (χ4n) is 3.18. The number of nitrogens with zero attached hydrogens (tertiary/aromatic N) is 1. The molecule has 0 saturated carbocycles. The second kappa shape index (κ2) is 7.65. The van der Waals surface area contributed by atoms with Gasteiger partial charge in [0.2, 0.25) is 11.8 Å². The lowest BCUT2D eigenvalue weighted by Gasteiger charge is -2.21. The number of carbonyl (C=O) groups excluding carboxylic acids is 3. The molecule has 0 fully saturated rings. The van der Waals surface area contributed by atoms with E-state index >= 15 is 0 Å². The van der Waals surface area contributed by atoms with Gasteiger partial charge in [0.1, 0.15) is 6.04 Å². The molecule has 0 saturated heterocycles. The van der Waals surface area contributed by atoms with E-state index in [0.717, 1.165) is 17.7 Å². The number of rotatable bonds is 5. The predicted octanol–water partition coefficient (Wildman–Crippen LogP) is 2.58. The molecule has 3 amide bonds. The van der Waals surface area contributed by atoms with E-state index < -0.39 is 11.9 Å². The predicted molar refractivity (Wildman–Crippen MR) is 102 cm³/mol. The number of carbonyl (C=O) groups is 3. The average molecular weight is 369 g/mol. The Morgan fingerprint density at radius 2 is 1.96 bits per heavy atom. The fourth-order valence-corrected chi connectivity index (χ4v) is 3.18. The minimum Gasteiger partial charge on any atom is -0.459 e. The van der Waals surface area contributed by atoms with E-state index in [1.54, 1.807) is 30.0 Å². The van der Waals surface area contributed by atoms with E-state index in [4.69, 9.17) is 4.42 Å². The van der Waals surface area contributed by atoms with Crippen LogP contribution in [0.25, 0.3) is 0 Å². The molecule has 7 nitrogen and oxygen atoms in total. The summed E-state index contributed by atoms with van der Waals surface area (Å²) in [6, 6.07) is 7.95. The summed E-state index contributed by atoms with van der Waals surface area (Å²) in [7, 11) is 0. The van der Waals surface area contributed by atoms with Crippen molar-refractivity contribution in [1.29, 1.82) is 0 Å². The van der Waals surface area contributed by atoms with Gasteiger partial charge in [0.15, 0.2) is 5.76 Å². The van der Waals surface area contributed by atoms with Crippen LogP contribution >= 0.6 is 0 Å². The SMILES string of the molecule is CC(=O)N1CCc2cc(NC(=O)C(NC(=O)c3ccco3)C(C)C)ccc21. The standard InChI is InChI=1S/C20H23N3O4/c1-12(2)18(22-19(25)17-5-4-10-27-17)20(26)21-15-6-7-16-14(11-15)8-9-23(16)13(3)24/h4-7,10-12,18H,8-9H2,1-3H3,(H,21,26)(H,22,25). The molecule has 1 aliphatic heterocycles. The van der Waals surface area contributed by atoms with Crippen LogP contribution in [0.15, 0.2) is 41.0 Å². The molecule has 3 rings (SSSR count). The summed E-state index contributed by atoms with van der Waals surface area (Å²) in [5.74, 6) is -0.668. The zero-order valence-corrected chi connectivity index (χ0v) is 15.6. The van der Waals surface area contributed by atoms with E-state index in [-0.39, 0.29) is 23.5 Å². The molecule has 1 aromatic carbocycles. The van der Waals surface area contributed by atoms with Crippen LogP contribution in [0.1, 0.15) is 36.9 Å². The van der Waals surface area contributed by atoms with Crippen LogP contribution in [0.5, 0.6) is 0 Å². The molecular formula is C20H23N3O4. The zero-order valence-electron chi connectivity index (χ0n) is 15.6. The molecule has 1 aromatic heterocycles. The topological polar surface area (TPSA) is 91.7 Å². The fraction of sp³-hybridized carbons (Fsp3) is 0.350. The van der Waals surface area contributed by atoms with E-state index in [2.05, 4.69) is 10.6 Å². The Bertz CT molecular complexity index is 858. The van der Waals surface area contributed by atoms with Crippen molar-refractivity contribution >= 4 is 29.1 Å². The summed E-state index contributed by atoms with van der Waals surface area (Å²) >= 11 is 0. The van der Waals surface area contributed by atoms with Crippen molar-refractivity contribution in [3.8, 4) is 0 Å². The van der Waals surface area contributed by atoms with E-state index in [0.29, 0.717) is 12.2 Å². The molecule has 0 radical (unpaired) electrons. The molecule has 2 N–H and O–H groups in total. The maximum Gasteiger partial charge on any atom is 0.287 e. The number of fused-ring (bicyclic) bond motifs is 1. The van der Waals surface area contributed by atoms with Crippen LogP contribution in [-0.2, 0) is 16.0 Å². The van der Waals surface area contributed by atoms with Crippen LogP contribution < -0.4 is 15.5 Å². The first-order chi connectivity index (χ1) is 12.9. The number of anilines is 2. The van der Waals surface area contributed by atoms with Crippen molar-refractivity contribution in [1.82, 2.24) is 5.32 Å². The van der Waals surface area contributed by atoms with Crippen molar-refractivity contribution < 1.29 is 18.8 Å². The van der Waals surface area contributed by atoms with Gasteiger partial charge in [-0.2, -0.15) is 0 Å². The molecular weight excluding hydrogens is 346 g/mol. The summed E-state index contributed by atoms with van der Waals surface area (Å²) in [5.41, 5.74) is 2.54. The monoisotopic (exact) mass is 369 g/mol. The van der Waals surface area contributed by atoms with Gasteiger partial charge in [0, 0.05) is 24.8 Å². The minimum atomic E-state index is -0.704. The van der Waals surface area contributed by atoms with Gasteiger partial charge in [-0.25, -0.2) is 0 Å². The highest BCUT2D eigenvalue weighted by Gasteiger charge is 2.27. The van der Waals surface area contributed by atoms with Crippen molar-refractivity contribution in [2.75, 3.05) is 16.8 Å². The van der Waals surface area contributed by atoms with Crippen LogP contribution in [-0.4, -0.2) is 30.3 Å². The molecule has 142 valence electrons. The highest BCUT2D eigenvalue weighted by atomic mass is 16.3. The quantitative estimate of drug-likeness (QED) is 0.847. The van der Waals surface area contributed by atoms with E-state index in [1.165, 1.54) is 6.26 Å². The summed E-state index contributed by atoms with van der Waals surface area (Å²) in [6.07, 6.45) is 2.16. The number of nitrogens with one attached hydrogen (secondary N) is 2. The molecule has 2 aromatic rings. The Morgan fingerprint density at radius 1 is 1.19 bits per heavy atom. The lowest BCUT2D eigenvalue weighted by atomic mass is 10.0. The van der Waals surface area contributed by atoms with Gasteiger partial charge >= 0.3 is 0 Å². The van der Waals surface area contributed by atoms with Crippen molar-refractivity contribution in [3.63, 3.8) is 0 Å². The van der Waals surface area contributed by atoms with Gasteiger partial charge in [-0.3, -0.25) is 14.4 Å². The number of benzene rings is 1. The summed E-state index contributed by atoms with van der Waals surface area (Å²) < 4.78 is 5.08. The van der Waals surface area contributed by atoms with Gasteiger partial charge in [-0.15, -0.1) is 0 Å². The minimum absolute atomic E-state index is 0.00560. The van der Waals surface area contributed by atoms with Crippen molar-refractivity contribution in [2.24, 2.45) is 5.92 Å². The highest BCUT2D eigenvalue weighted by Crippen LogP contribution is 2.30. The Balaban J connectivity index is 1.71. The first-order valence-electron chi connectivity index (χ1n) is 8.93. The molecule has 1 aliphatic rings. The van der Waals surface area contributed by atoms with Crippen molar-refractivity contribution in [3.05, 3.63) is 47.9 Å². The van der Waals surface area contributed by atoms with Crippen LogP contribution in [0.4, 0.5) is 11.4 Å². The number of amides is 3. The van der Waals surface area contributed by atoms with Crippen LogP contribution in [0.2, 0.25) is 0 Å². The summed E-state index contributed by atoms with van der Waals surface area (Å²) in [6.45, 7) is 5.91. The van der Waals surface area contributed by atoms with Gasteiger partial charge < -0.3 is 20.0 Å². The lowest BCUT2D eigenvalue weighted by molar-refractivity contribution is -0.119. The molecule has 0 aliphatic carbocycles. The maximum atomic E-state index is 12.7. The first kappa shape index (κ1) is 18.7. The average Bonchev–Trinajstić information content (AvgIpc) is 3.28. The molecule has 1 unspecified atom stereocenters. The first-order valence-corrected chi connectivity index (χ1v) is 8.93. The molecule has 0 bridgehead atoms. The lowest BCUT2D eigenvalue weighted by Crippen LogP contribution is -2.47. The smallest absolute Gasteiger partial charge is 0.287 e. The Labute approximate surface area is 157 Å². The number of hydrogen-bond donors (Lipinski definition) is 2. The largest absolute Gasteiger partial charge is 0.459 e. The van der Waals surface area contributed by atoms with Crippen LogP contribution in [0.3, 0.4) is 0 Å². The Morgan fingerprint density at radius 3 is 2.59 bits per heavy atom. The molecule has 2 heterocycles. The molecule has 27 heavy (non-hydrogen) atoms. The van der Waals surface area contributed by atoms with Gasteiger partial charge in [0.25, 0.3) is 5.91 Å². The normalized spacial score (nSPS) is 14.0. The van der Waals surface area contributed by atoms with E-state index in [1.807, 2.05) is 26.0 Å². The van der Waals surface area contributed by atoms with Crippen LogP contribution in [0, 0.1) is 5.92 Å². The Kier molecular flexibility index (Phi) is 5.30. The van der Waals surface area contributed by atoms with Gasteiger partial charge in [0.05, 0.1) is 6.26 Å². The number of furan rings is 1. The summed E-state index contributed by atoms with van der Waals surface area (Å²) in [4.78, 5) is 38.3. The summed E-state index contributed by atoms with van der Waals surface area (Å²) in [5, 5.41) is 5.58. The van der Waals surface area contributed by atoms with Gasteiger partial charge in [-0.1, -0.05) is 13.8 Å². The number of hydrogen-bond acceptors (Lipinski definition) is 4. The maximum absolute atomic E-state index is 12.7. The Hall–Kier alpha value is -3.09. The van der Waals surface area contributed by atoms with Crippen molar-refractivity contribution in [2.45, 2.75) is 33.2 Å². The third-order valence-corrected chi connectivity index (χ3v) is 4.60. The zero-order chi connectivity index (χ0) is 19.6. The molecule has 7 heteroatoms. The third kappa shape index (κ3) is 4.02. The van der Waals surface area contributed by atoms with Gasteiger partial charge in [-0.05, 0) is 48.2 Å². The third-order valence-electron chi connectivity index (χ3n) is 4.60. The highest BCUT2D eigenvalue weighted by molar-refractivity contribution is 6.01. The second-order valence-corrected chi connectivity index (χ2v) is 6.93. The molecule has 1 atom stereocenters. The molecule has 0 spiro atoms.